The summed E-state index contributed by atoms with van der Waals surface area (Å²) in [4.78, 5) is 71.5. The highest BCUT2D eigenvalue weighted by atomic mass is 19.4. The second-order valence-corrected chi connectivity index (χ2v) is 30.2. The van der Waals surface area contributed by atoms with E-state index in [-0.39, 0.29) is 59.4 Å². The predicted octanol–water partition coefficient (Wildman–Crippen LogP) is 14.1. The molecule has 116 heavy (non-hydrogen) atoms. The summed E-state index contributed by atoms with van der Waals surface area (Å²) < 4.78 is 76.7. The van der Waals surface area contributed by atoms with Gasteiger partial charge in [0.2, 0.25) is 0 Å². The van der Waals surface area contributed by atoms with Gasteiger partial charge in [-0.1, -0.05) is 96.1 Å². The van der Waals surface area contributed by atoms with Gasteiger partial charge < -0.3 is 36.6 Å². The summed E-state index contributed by atoms with van der Waals surface area (Å²) in [5.41, 5.74) is 31.5. The normalized spacial score (nSPS) is 14.6. The summed E-state index contributed by atoms with van der Waals surface area (Å²) in [7, 11) is 6.34. The van der Waals surface area contributed by atoms with Crippen LogP contribution in [0.4, 0.5) is 39.4 Å². The molecular weight excluding hydrogens is 1480 g/mol. The Morgan fingerprint density at radius 1 is 0.422 bits per heavy atom. The molecule has 0 amide bonds. The molecule has 594 valence electrons. The van der Waals surface area contributed by atoms with Gasteiger partial charge in [0.1, 0.15) is 59.3 Å². The molecule has 3 fully saturated rings. The van der Waals surface area contributed by atoms with Crippen LogP contribution in [-0.2, 0) is 25.4 Å². The Kier molecular flexibility index (Phi) is 24.6. The molecule has 6 aromatic heterocycles. The van der Waals surface area contributed by atoms with Crippen molar-refractivity contribution in [3.8, 4) is 41.3 Å². The zero-order valence-electron chi connectivity index (χ0n) is 66.1. The fourth-order valence-electron chi connectivity index (χ4n) is 14.5. The third-order valence-corrected chi connectivity index (χ3v) is 21.2. The van der Waals surface area contributed by atoms with Gasteiger partial charge in [-0.05, 0) is 239 Å². The number of fused-ring (bicyclic) bond motifs is 3. The standard InChI is InChI=1S/C30H29F3N6O.C30H30F2N6O2.C29H30N6O/c1-18-12-22(16-23(13-18)30(31,32)33)26(40)15-20-5-4-19(2)21(14-20)6-7-25-27-28(34)35-17-36-29(27)39(37-25)24-8-10-38(3)11-9-24;1-19-7-8-20(16-26(39)22-5-4-6-24(17-22)40-30(2,31)32)15-21(19)9-10-25-27-28(33)34-18-35-29(27)38(36-25)23-11-13-37(3)14-12-23;1-19-4-8-22(9-5-19)26(36)17-21-7-6-20(2)23(16-21)10-11-25-27-28(30)31-18-32-29(27)35(33-25)24-12-14-34(3)15-13-24/h4-5,12-14,16-17,24H,8-11,15H2,1-3H3,(H2,34,35,36);4-8,15,17-18,23H,11-14,16H2,1-3H3,(H2,33,34,35);4-9,16,18,24H,12-15,17H2,1-3H3,(H2,30,31,32). The molecule has 0 atom stereocenters. The Morgan fingerprint density at radius 3 is 1.15 bits per heavy atom. The Labute approximate surface area is 669 Å². The van der Waals surface area contributed by atoms with Crippen molar-refractivity contribution in [3.05, 3.63) is 241 Å². The molecule has 6 N–H and O–H groups in total. The topological polar surface area (TPSA) is 279 Å². The molecule has 0 bridgehead atoms. The number of likely N-dealkylation sites (tertiary alicyclic amines) is 3. The highest BCUT2D eigenvalue weighted by Crippen LogP contribution is 2.35. The number of halogens is 5. The third-order valence-electron chi connectivity index (χ3n) is 21.2. The molecule has 6 aromatic carbocycles. The number of nitrogens with two attached hydrogens (primary N) is 3. The van der Waals surface area contributed by atoms with Crippen molar-refractivity contribution in [3.63, 3.8) is 0 Å². The second-order valence-electron chi connectivity index (χ2n) is 30.2. The number of aromatic nitrogens is 12. The van der Waals surface area contributed by atoms with Crippen molar-refractivity contribution < 1.29 is 41.1 Å². The molecule has 15 rings (SSSR count). The van der Waals surface area contributed by atoms with E-state index in [1.54, 1.807) is 25.1 Å². The minimum atomic E-state index is -4.52. The number of aryl methyl sites for hydroxylation is 5. The van der Waals surface area contributed by atoms with E-state index in [1.807, 2.05) is 108 Å². The summed E-state index contributed by atoms with van der Waals surface area (Å²) in [5.74, 6) is 19.6. The van der Waals surface area contributed by atoms with E-state index in [0.717, 1.165) is 146 Å². The number of nitrogen functional groups attached to an aromatic ring is 3. The summed E-state index contributed by atoms with van der Waals surface area (Å²) >= 11 is 0. The molecule has 3 aliphatic heterocycles. The monoisotopic (exact) mass is 1570 g/mol. The molecular formula is C89H89F5N18O4. The maximum atomic E-state index is 13.3. The average molecular weight is 1570 g/mol. The summed E-state index contributed by atoms with van der Waals surface area (Å²) in [5, 5.41) is 16.4. The summed E-state index contributed by atoms with van der Waals surface area (Å²) in [6.07, 6.45) is 2.64. The number of anilines is 3. The number of carbonyl (C=O) groups is 3. The first-order valence-corrected chi connectivity index (χ1v) is 38.3. The van der Waals surface area contributed by atoms with E-state index in [2.05, 4.69) is 106 Å². The van der Waals surface area contributed by atoms with Crippen molar-refractivity contribution in [1.82, 2.24) is 73.9 Å². The van der Waals surface area contributed by atoms with Crippen LogP contribution in [-0.4, -0.2) is 158 Å². The number of rotatable bonds is 14. The van der Waals surface area contributed by atoms with Crippen LogP contribution < -0.4 is 21.9 Å². The fourth-order valence-corrected chi connectivity index (χ4v) is 14.5. The van der Waals surface area contributed by atoms with Crippen molar-refractivity contribution in [2.75, 3.05) is 77.6 Å². The molecule has 0 saturated carbocycles. The van der Waals surface area contributed by atoms with Crippen LogP contribution >= 0.6 is 0 Å². The van der Waals surface area contributed by atoms with Crippen molar-refractivity contribution in [1.29, 1.82) is 0 Å². The van der Waals surface area contributed by atoms with E-state index < -0.39 is 23.6 Å². The van der Waals surface area contributed by atoms with Gasteiger partial charge in [-0.15, -0.1) is 0 Å². The van der Waals surface area contributed by atoms with Gasteiger partial charge in [0, 0.05) is 59.6 Å². The number of carbonyl (C=O) groups excluding carboxylic acids is 3. The number of alkyl halides is 5. The quantitative estimate of drug-likeness (QED) is 0.0518. The van der Waals surface area contributed by atoms with E-state index in [0.29, 0.717) is 92.0 Å². The number of hydrogen-bond acceptors (Lipinski definition) is 19. The fraction of sp³-hybridized carbons (Fsp3) is 0.326. The molecule has 9 heterocycles. The highest BCUT2D eigenvalue weighted by molar-refractivity contribution is 6.00. The first-order chi connectivity index (χ1) is 55.4. The number of ketones is 3. The molecule has 0 radical (unpaired) electrons. The van der Waals surface area contributed by atoms with Crippen molar-refractivity contribution in [2.45, 2.75) is 130 Å². The number of nitrogens with zero attached hydrogens (tertiary/aromatic N) is 15. The van der Waals surface area contributed by atoms with E-state index in [9.17, 15) is 36.3 Å². The molecule has 0 unspecified atom stereocenters. The van der Waals surface area contributed by atoms with E-state index in [1.165, 1.54) is 43.2 Å². The minimum Gasteiger partial charge on any atom is -0.433 e. The first-order valence-electron chi connectivity index (χ1n) is 38.3. The molecule has 0 aliphatic carbocycles. The average Bonchev–Trinajstić information content (AvgIpc) is 1.63. The zero-order valence-corrected chi connectivity index (χ0v) is 66.1. The van der Waals surface area contributed by atoms with Crippen LogP contribution in [0.5, 0.6) is 5.75 Å². The number of piperidine rings is 3. The Hall–Kier alpha value is -12.6. The SMILES string of the molecule is Cc1cc(C(=O)Cc2ccc(C)c(C#Cc3nn(C4CCN(C)CC4)c4ncnc(N)c34)c2)cc(C(F)(F)F)c1.Cc1ccc(C(=O)Cc2ccc(C)c(C#Cc3nn(C4CCN(C)CC4)c4ncnc(N)c34)c2)cc1.Cc1ccc(CC(=O)c2cccc(OC(C)(F)F)c2)cc1C#Cc1nn(C2CCN(C)CC2)c2ncnc(N)c12. The smallest absolute Gasteiger partial charge is 0.416 e. The highest BCUT2D eigenvalue weighted by Gasteiger charge is 2.33. The maximum absolute atomic E-state index is 13.3. The zero-order chi connectivity index (χ0) is 82.3. The molecule has 22 nitrogen and oxygen atoms in total. The predicted molar refractivity (Wildman–Crippen MR) is 437 cm³/mol. The lowest BCUT2D eigenvalue weighted by Crippen LogP contribution is -2.32. The van der Waals surface area contributed by atoms with Crippen LogP contribution in [0.1, 0.15) is 178 Å². The molecule has 3 saturated heterocycles. The largest absolute Gasteiger partial charge is 0.433 e. The lowest BCUT2D eigenvalue weighted by atomic mass is 9.97. The van der Waals surface area contributed by atoms with Gasteiger partial charge in [-0.3, -0.25) is 14.4 Å². The number of Topliss-reactive ketones (excluding diaryl/α,β-unsaturated/α-hetero) is 3. The van der Waals surface area contributed by atoms with Crippen LogP contribution in [0.2, 0.25) is 0 Å². The minimum absolute atomic E-state index is 0.0296. The first kappa shape index (κ1) is 81.4. The summed E-state index contributed by atoms with van der Waals surface area (Å²) in [6, 6.07) is 34.6. The molecule has 3 aliphatic rings. The lowest BCUT2D eigenvalue weighted by molar-refractivity contribution is -0.159. The van der Waals surface area contributed by atoms with Crippen LogP contribution in [0.15, 0.2) is 140 Å². The number of hydrogen-bond donors (Lipinski definition) is 3. The molecule has 12 aromatic rings. The lowest BCUT2D eigenvalue weighted by Gasteiger charge is -2.29. The number of ether oxygens (including phenoxy) is 1. The Bertz CT molecular complexity index is 5910. The molecule has 27 heteroatoms. The molecule has 0 spiro atoms. The van der Waals surface area contributed by atoms with Crippen LogP contribution in [0, 0.1) is 70.1 Å². The third kappa shape index (κ3) is 19.6. The van der Waals surface area contributed by atoms with Crippen molar-refractivity contribution in [2.24, 2.45) is 0 Å². The Morgan fingerprint density at radius 2 is 0.784 bits per heavy atom. The van der Waals surface area contributed by atoms with Gasteiger partial charge in [-0.25, -0.2) is 43.9 Å². The van der Waals surface area contributed by atoms with Gasteiger partial charge in [0.15, 0.2) is 34.3 Å². The number of benzene rings is 6. The van der Waals surface area contributed by atoms with Gasteiger partial charge >= 0.3 is 12.3 Å². The van der Waals surface area contributed by atoms with Gasteiger partial charge in [0.05, 0.1) is 39.8 Å². The van der Waals surface area contributed by atoms with E-state index in [4.69, 9.17) is 32.5 Å². The maximum Gasteiger partial charge on any atom is 0.416 e. The van der Waals surface area contributed by atoms with E-state index >= 15 is 0 Å². The van der Waals surface area contributed by atoms with Crippen LogP contribution in [0.25, 0.3) is 33.1 Å². The summed E-state index contributed by atoms with van der Waals surface area (Å²) in [6.45, 7) is 16.0. The van der Waals surface area contributed by atoms with Crippen molar-refractivity contribution >= 4 is 67.9 Å². The Balaban J connectivity index is 0.000000152. The van der Waals surface area contributed by atoms with Gasteiger partial charge in [0.25, 0.3) is 0 Å². The second kappa shape index (κ2) is 35.0. The van der Waals surface area contributed by atoms with Crippen LogP contribution in [0.3, 0.4) is 0 Å². The van der Waals surface area contributed by atoms with Gasteiger partial charge in [-0.2, -0.15) is 37.2 Å².